The van der Waals surface area contributed by atoms with E-state index in [0.717, 1.165) is 18.7 Å². The van der Waals surface area contributed by atoms with Gasteiger partial charge in [0.2, 0.25) is 0 Å². The summed E-state index contributed by atoms with van der Waals surface area (Å²) in [6.45, 7) is 1.40. The highest BCUT2D eigenvalue weighted by molar-refractivity contribution is 5.70. The Morgan fingerprint density at radius 2 is 1.76 bits per heavy atom. The molecule has 0 aliphatic carbocycles. The van der Waals surface area contributed by atoms with Gasteiger partial charge in [-0.25, -0.2) is 9.37 Å². The molecule has 7 nitrogen and oxygen atoms in total. The van der Waals surface area contributed by atoms with Crippen molar-refractivity contribution in [3.63, 3.8) is 0 Å². The van der Waals surface area contributed by atoms with E-state index in [1.54, 1.807) is 36.4 Å². The smallest absolute Gasteiger partial charge is 0.141 e. The van der Waals surface area contributed by atoms with Crippen LogP contribution in [0.5, 0.6) is 5.75 Å². The van der Waals surface area contributed by atoms with Crippen LogP contribution in [0.25, 0.3) is 5.70 Å². The Labute approximate surface area is 168 Å². The summed E-state index contributed by atoms with van der Waals surface area (Å²) in [5, 5.41) is 10.1. The molecule has 7 N–H and O–H groups in total. The predicted octanol–water partition coefficient (Wildman–Crippen LogP) is 1.67. The Hall–Kier alpha value is -3.42. The SMILES string of the molecule is NC(N)=C(/C=C(\N)c1ccccc1O)N1CC2CCC(C1)N2c1ccc(F)cn1. The molecule has 4 rings (SSSR count). The summed E-state index contributed by atoms with van der Waals surface area (Å²) in [4.78, 5) is 8.65. The fourth-order valence-electron chi connectivity index (χ4n) is 4.29. The van der Waals surface area contributed by atoms with Gasteiger partial charge >= 0.3 is 0 Å². The lowest BCUT2D eigenvalue weighted by Gasteiger charge is -2.43. The van der Waals surface area contributed by atoms with E-state index in [2.05, 4.69) is 14.8 Å². The number of phenolic OH excluding ortho intramolecular Hbond substituents is 1. The highest BCUT2D eigenvalue weighted by Crippen LogP contribution is 2.35. The van der Waals surface area contributed by atoms with Gasteiger partial charge in [-0.2, -0.15) is 0 Å². The lowest BCUT2D eigenvalue weighted by atomic mass is 10.1. The number of piperazine rings is 1. The first kappa shape index (κ1) is 18.9. The first-order valence-electron chi connectivity index (χ1n) is 9.59. The van der Waals surface area contributed by atoms with Crippen LogP contribution in [0.4, 0.5) is 10.2 Å². The molecule has 2 saturated heterocycles. The molecule has 29 heavy (non-hydrogen) atoms. The van der Waals surface area contributed by atoms with Crippen molar-refractivity contribution in [2.24, 2.45) is 17.2 Å². The van der Waals surface area contributed by atoms with Gasteiger partial charge in [0, 0.05) is 36.4 Å². The first-order valence-corrected chi connectivity index (χ1v) is 9.59. The van der Waals surface area contributed by atoms with E-state index < -0.39 is 0 Å². The molecular weight excluding hydrogens is 371 g/mol. The molecule has 2 aliphatic heterocycles. The van der Waals surface area contributed by atoms with Crippen molar-refractivity contribution < 1.29 is 9.50 Å². The number of aromatic hydroxyl groups is 1. The average molecular weight is 396 g/mol. The largest absolute Gasteiger partial charge is 0.507 e. The molecule has 2 bridgehead atoms. The van der Waals surface area contributed by atoms with E-state index in [4.69, 9.17) is 17.2 Å². The number of fused-ring (bicyclic) bond motifs is 2. The van der Waals surface area contributed by atoms with Crippen molar-refractivity contribution in [2.45, 2.75) is 24.9 Å². The molecule has 2 aromatic rings. The Morgan fingerprint density at radius 3 is 2.34 bits per heavy atom. The number of allylic oxidation sites excluding steroid dienone is 1. The lowest BCUT2D eigenvalue weighted by Crippen LogP contribution is -2.54. The van der Waals surface area contributed by atoms with Crippen LogP contribution in [0.3, 0.4) is 0 Å². The van der Waals surface area contributed by atoms with Crippen molar-refractivity contribution in [2.75, 3.05) is 18.0 Å². The maximum absolute atomic E-state index is 13.3. The molecule has 2 atom stereocenters. The van der Waals surface area contributed by atoms with Gasteiger partial charge in [0.1, 0.15) is 23.2 Å². The average Bonchev–Trinajstić information content (AvgIpc) is 2.96. The minimum atomic E-state index is -0.342. The second-order valence-corrected chi connectivity index (χ2v) is 7.49. The number of anilines is 1. The van der Waals surface area contributed by atoms with E-state index >= 15 is 0 Å². The molecule has 1 aromatic heterocycles. The van der Waals surface area contributed by atoms with Crippen LogP contribution in [0, 0.1) is 5.82 Å². The van der Waals surface area contributed by atoms with Crippen LogP contribution in [0.15, 0.2) is 60.2 Å². The molecule has 2 unspecified atom stereocenters. The third-order valence-corrected chi connectivity index (χ3v) is 5.60. The summed E-state index contributed by atoms with van der Waals surface area (Å²) >= 11 is 0. The third-order valence-electron chi connectivity index (χ3n) is 5.60. The van der Waals surface area contributed by atoms with Crippen LogP contribution in [-0.2, 0) is 0 Å². The molecular formula is C21H25FN6O. The maximum atomic E-state index is 13.3. The molecule has 2 fully saturated rings. The Balaban J connectivity index is 1.58. The van der Waals surface area contributed by atoms with Crippen LogP contribution < -0.4 is 22.1 Å². The van der Waals surface area contributed by atoms with Gasteiger partial charge in [-0.05, 0) is 43.2 Å². The van der Waals surface area contributed by atoms with Crippen LogP contribution in [0.1, 0.15) is 18.4 Å². The molecule has 2 aliphatic rings. The molecule has 1 aromatic carbocycles. The standard InChI is InChI=1S/C21H25FN6O/c22-13-5-8-20(26-10-13)28-14-6-7-15(28)12-27(11-14)18(21(24)25)9-17(23)16-3-1-2-4-19(16)29/h1-5,8-10,14-15,29H,6-7,11-12,23-25H2/b17-9-. The minimum Gasteiger partial charge on any atom is -0.507 e. The topological polar surface area (TPSA) is 118 Å². The number of halogens is 1. The van der Waals surface area contributed by atoms with Gasteiger partial charge in [0.15, 0.2) is 0 Å². The number of phenols is 1. The molecule has 8 heteroatoms. The number of benzene rings is 1. The number of para-hydroxylation sites is 1. The second kappa shape index (κ2) is 7.54. The van der Waals surface area contributed by atoms with Gasteiger partial charge in [-0.1, -0.05) is 12.1 Å². The molecule has 3 heterocycles. The van der Waals surface area contributed by atoms with Crippen molar-refractivity contribution >= 4 is 11.5 Å². The number of nitrogens with two attached hydrogens (primary N) is 3. The highest BCUT2D eigenvalue weighted by Gasteiger charge is 2.41. The van der Waals surface area contributed by atoms with E-state index in [9.17, 15) is 9.50 Å². The minimum absolute atomic E-state index is 0.100. The number of likely N-dealkylation sites (tertiary alicyclic amines) is 1. The summed E-state index contributed by atoms with van der Waals surface area (Å²) in [5.74, 6) is 0.722. The number of nitrogens with zero attached hydrogens (tertiary/aromatic N) is 3. The van der Waals surface area contributed by atoms with E-state index in [1.807, 2.05) is 0 Å². The van der Waals surface area contributed by atoms with Crippen molar-refractivity contribution in [3.05, 3.63) is 71.6 Å². The summed E-state index contributed by atoms with van der Waals surface area (Å²) in [6.07, 6.45) is 4.99. The van der Waals surface area contributed by atoms with Crippen molar-refractivity contribution in [1.82, 2.24) is 9.88 Å². The normalized spacial score (nSPS) is 21.3. The highest BCUT2D eigenvalue weighted by atomic mass is 19.1. The molecule has 0 radical (unpaired) electrons. The van der Waals surface area contributed by atoms with Gasteiger partial charge in [-0.15, -0.1) is 0 Å². The summed E-state index contributed by atoms with van der Waals surface area (Å²) in [7, 11) is 0. The van der Waals surface area contributed by atoms with E-state index in [1.165, 1.54) is 12.3 Å². The molecule has 0 spiro atoms. The number of hydrogen-bond donors (Lipinski definition) is 4. The van der Waals surface area contributed by atoms with Gasteiger partial charge < -0.3 is 32.1 Å². The number of aromatic nitrogens is 1. The fourth-order valence-corrected chi connectivity index (χ4v) is 4.29. The summed E-state index contributed by atoms with van der Waals surface area (Å²) in [5.41, 5.74) is 19.8. The van der Waals surface area contributed by atoms with Gasteiger partial charge in [0.25, 0.3) is 0 Å². The lowest BCUT2D eigenvalue weighted by molar-refractivity contribution is 0.276. The van der Waals surface area contributed by atoms with Crippen LogP contribution in [-0.4, -0.2) is 40.2 Å². The third kappa shape index (κ3) is 3.65. The van der Waals surface area contributed by atoms with Crippen LogP contribution in [0.2, 0.25) is 0 Å². The fraction of sp³-hybridized carbons (Fsp3) is 0.286. The Morgan fingerprint density at radius 1 is 1.07 bits per heavy atom. The Bertz CT molecular complexity index is 940. The zero-order chi connectivity index (χ0) is 20.5. The van der Waals surface area contributed by atoms with Gasteiger partial charge in [0.05, 0.1) is 11.9 Å². The summed E-state index contributed by atoms with van der Waals surface area (Å²) in [6, 6.07) is 10.5. The first-order chi connectivity index (χ1) is 13.9. The maximum Gasteiger partial charge on any atom is 0.141 e. The predicted molar refractivity (Wildman–Crippen MR) is 111 cm³/mol. The molecule has 152 valence electrons. The zero-order valence-corrected chi connectivity index (χ0v) is 16.0. The van der Waals surface area contributed by atoms with E-state index in [-0.39, 0.29) is 29.5 Å². The van der Waals surface area contributed by atoms with Crippen molar-refractivity contribution in [3.8, 4) is 5.75 Å². The number of hydrogen-bond acceptors (Lipinski definition) is 7. The van der Waals surface area contributed by atoms with Crippen LogP contribution >= 0.6 is 0 Å². The summed E-state index contributed by atoms with van der Waals surface area (Å²) < 4.78 is 13.3. The van der Waals surface area contributed by atoms with Gasteiger partial charge in [-0.3, -0.25) is 0 Å². The second-order valence-electron chi connectivity index (χ2n) is 7.49. The zero-order valence-electron chi connectivity index (χ0n) is 16.0. The quantitative estimate of drug-likeness (QED) is 0.581. The van der Waals surface area contributed by atoms with Crippen molar-refractivity contribution in [1.29, 1.82) is 0 Å². The Kier molecular flexibility index (Phi) is 4.92. The molecule has 0 saturated carbocycles. The number of rotatable bonds is 4. The van der Waals surface area contributed by atoms with E-state index in [0.29, 0.717) is 30.0 Å². The number of pyridine rings is 1. The monoisotopic (exact) mass is 396 g/mol. The molecule has 0 amide bonds.